The van der Waals surface area contributed by atoms with Crippen LogP contribution in [-0.2, 0) is 4.79 Å². The maximum atomic E-state index is 11.9. The van der Waals surface area contributed by atoms with Gasteiger partial charge in [0.25, 0.3) is 0 Å². The Kier molecular flexibility index (Phi) is 3.63. The van der Waals surface area contributed by atoms with E-state index in [0.717, 1.165) is 0 Å². The molecule has 0 aliphatic rings. The van der Waals surface area contributed by atoms with Crippen molar-refractivity contribution in [1.29, 1.82) is 0 Å². The zero-order valence-corrected chi connectivity index (χ0v) is 9.82. The molecule has 1 N–H and O–H groups in total. The molecule has 4 heteroatoms. The van der Waals surface area contributed by atoms with E-state index in [1.165, 1.54) is 0 Å². The molecule has 1 rings (SSSR count). The molecule has 80 valence electrons. The van der Waals surface area contributed by atoms with E-state index in [1.807, 2.05) is 0 Å². The SMILES string of the molecule is CCC(Br)(C(=O)O)C(=O)c1ccccc1. The maximum absolute atomic E-state index is 11.9. The Morgan fingerprint density at radius 3 is 2.27 bits per heavy atom. The fourth-order valence-corrected chi connectivity index (χ4v) is 1.46. The van der Waals surface area contributed by atoms with Crippen LogP contribution in [0.3, 0.4) is 0 Å². The lowest BCUT2D eigenvalue weighted by Crippen LogP contribution is -2.40. The van der Waals surface area contributed by atoms with Crippen molar-refractivity contribution in [3.05, 3.63) is 35.9 Å². The number of carbonyl (C=O) groups is 2. The lowest BCUT2D eigenvalue weighted by Gasteiger charge is -2.19. The molecular weight excluding hydrogens is 260 g/mol. The summed E-state index contributed by atoms with van der Waals surface area (Å²) in [6.07, 6.45) is 0.204. The Bertz CT molecular complexity index is 375. The van der Waals surface area contributed by atoms with E-state index >= 15 is 0 Å². The van der Waals surface area contributed by atoms with E-state index in [2.05, 4.69) is 15.9 Å². The minimum absolute atomic E-state index is 0.204. The van der Waals surface area contributed by atoms with Gasteiger partial charge in [-0.25, -0.2) is 0 Å². The highest BCUT2D eigenvalue weighted by atomic mass is 79.9. The van der Waals surface area contributed by atoms with Crippen LogP contribution in [0.1, 0.15) is 23.7 Å². The Labute approximate surface area is 96.2 Å². The molecule has 1 unspecified atom stereocenters. The number of hydrogen-bond acceptors (Lipinski definition) is 2. The van der Waals surface area contributed by atoms with E-state index in [-0.39, 0.29) is 6.42 Å². The molecule has 0 saturated heterocycles. The number of ketones is 1. The lowest BCUT2D eigenvalue weighted by atomic mass is 9.95. The fourth-order valence-electron chi connectivity index (χ4n) is 1.23. The van der Waals surface area contributed by atoms with Gasteiger partial charge in [-0.05, 0) is 6.42 Å². The second kappa shape index (κ2) is 4.57. The lowest BCUT2D eigenvalue weighted by molar-refractivity contribution is -0.138. The normalized spacial score (nSPS) is 14.3. The molecule has 1 atom stereocenters. The van der Waals surface area contributed by atoms with Crippen molar-refractivity contribution in [3.63, 3.8) is 0 Å². The van der Waals surface area contributed by atoms with Crippen molar-refractivity contribution in [2.24, 2.45) is 0 Å². The standard InChI is InChI=1S/C11H11BrO3/c1-2-11(12,10(14)15)9(13)8-6-4-3-5-7-8/h3-7H,2H2,1H3,(H,14,15). The molecule has 0 aliphatic heterocycles. The van der Waals surface area contributed by atoms with Gasteiger partial charge in [0.05, 0.1) is 0 Å². The third-order valence-electron chi connectivity index (χ3n) is 2.22. The van der Waals surface area contributed by atoms with Crippen molar-refractivity contribution in [1.82, 2.24) is 0 Å². The van der Waals surface area contributed by atoms with Gasteiger partial charge in [0.15, 0.2) is 10.1 Å². The summed E-state index contributed by atoms with van der Waals surface area (Å²) >= 11 is 3.00. The monoisotopic (exact) mass is 270 g/mol. The highest BCUT2D eigenvalue weighted by Crippen LogP contribution is 2.27. The molecule has 0 amide bonds. The summed E-state index contributed by atoms with van der Waals surface area (Å²) in [7, 11) is 0. The van der Waals surface area contributed by atoms with Crippen LogP contribution in [0.25, 0.3) is 0 Å². The minimum atomic E-state index is -1.51. The third kappa shape index (κ3) is 2.26. The summed E-state index contributed by atoms with van der Waals surface area (Å²) in [6, 6.07) is 8.41. The van der Waals surface area contributed by atoms with Gasteiger partial charge in [-0.2, -0.15) is 0 Å². The Balaban J connectivity index is 3.08. The average molecular weight is 271 g/mol. The molecule has 0 aromatic heterocycles. The molecule has 1 aromatic carbocycles. The smallest absolute Gasteiger partial charge is 0.328 e. The number of aliphatic carboxylic acids is 1. The number of carbonyl (C=O) groups excluding carboxylic acids is 1. The first-order chi connectivity index (χ1) is 7.02. The van der Waals surface area contributed by atoms with E-state index < -0.39 is 16.1 Å². The fraction of sp³-hybridized carbons (Fsp3) is 0.273. The molecule has 3 nitrogen and oxygen atoms in total. The second-order valence-corrected chi connectivity index (χ2v) is 4.51. The topological polar surface area (TPSA) is 54.4 Å². The van der Waals surface area contributed by atoms with E-state index in [1.54, 1.807) is 37.3 Å². The predicted molar refractivity (Wildman–Crippen MR) is 60.4 cm³/mol. The predicted octanol–water partition coefficient (Wildman–Crippen LogP) is 2.50. The summed E-state index contributed by atoms with van der Waals surface area (Å²) < 4.78 is -1.51. The molecule has 0 saturated carbocycles. The Hall–Kier alpha value is -1.16. The van der Waals surface area contributed by atoms with Crippen LogP contribution in [0.15, 0.2) is 30.3 Å². The Morgan fingerprint density at radius 2 is 1.87 bits per heavy atom. The molecule has 15 heavy (non-hydrogen) atoms. The number of halogens is 1. The summed E-state index contributed by atoms with van der Waals surface area (Å²) in [5.74, 6) is -1.57. The molecular formula is C11H11BrO3. The van der Waals surface area contributed by atoms with Gasteiger partial charge in [0.1, 0.15) is 0 Å². The summed E-state index contributed by atoms with van der Waals surface area (Å²) in [6.45, 7) is 1.66. The number of rotatable bonds is 4. The van der Waals surface area contributed by atoms with Crippen LogP contribution in [0.2, 0.25) is 0 Å². The molecule has 0 fully saturated rings. The van der Waals surface area contributed by atoms with Crippen molar-refractivity contribution in [2.75, 3.05) is 0 Å². The molecule has 0 spiro atoms. The highest BCUT2D eigenvalue weighted by molar-refractivity contribution is 9.10. The van der Waals surface area contributed by atoms with Gasteiger partial charge < -0.3 is 5.11 Å². The maximum Gasteiger partial charge on any atom is 0.328 e. The summed E-state index contributed by atoms with van der Waals surface area (Å²) in [5, 5.41) is 9.00. The number of hydrogen-bond donors (Lipinski definition) is 1. The van der Waals surface area contributed by atoms with Crippen molar-refractivity contribution >= 4 is 27.7 Å². The van der Waals surface area contributed by atoms with Crippen LogP contribution in [-0.4, -0.2) is 21.2 Å². The van der Waals surface area contributed by atoms with Gasteiger partial charge >= 0.3 is 5.97 Å². The number of Topliss-reactive ketones (excluding diaryl/α,β-unsaturated/α-hetero) is 1. The van der Waals surface area contributed by atoms with Gasteiger partial charge in [0.2, 0.25) is 0 Å². The largest absolute Gasteiger partial charge is 0.480 e. The number of carboxylic acid groups (broad SMARTS) is 1. The van der Waals surface area contributed by atoms with Gasteiger partial charge in [-0.3, -0.25) is 9.59 Å². The highest BCUT2D eigenvalue weighted by Gasteiger charge is 2.42. The van der Waals surface area contributed by atoms with Gasteiger partial charge in [0, 0.05) is 5.56 Å². The van der Waals surface area contributed by atoms with E-state index in [0.29, 0.717) is 5.56 Å². The molecule has 0 bridgehead atoms. The van der Waals surface area contributed by atoms with E-state index in [4.69, 9.17) is 5.11 Å². The van der Waals surface area contributed by atoms with Crippen molar-refractivity contribution in [2.45, 2.75) is 17.7 Å². The third-order valence-corrected chi connectivity index (χ3v) is 3.48. The first-order valence-electron chi connectivity index (χ1n) is 4.54. The van der Waals surface area contributed by atoms with Crippen LogP contribution in [0, 0.1) is 0 Å². The first-order valence-corrected chi connectivity index (χ1v) is 5.34. The quantitative estimate of drug-likeness (QED) is 0.520. The Morgan fingerprint density at radius 1 is 1.33 bits per heavy atom. The molecule has 1 aromatic rings. The summed E-state index contributed by atoms with van der Waals surface area (Å²) in [5.41, 5.74) is 0.402. The van der Waals surface area contributed by atoms with Gasteiger partial charge in [-0.15, -0.1) is 0 Å². The zero-order valence-electron chi connectivity index (χ0n) is 8.24. The zero-order chi connectivity index (χ0) is 11.5. The molecule has 0 aliphatic carbocycles. The van der Waals surface area contributed by atoms with Crippen LogP contribution in [0.4, 0.5) is 0 Å². The summed E-state index contributed by atoms with van der Waals surface area (Å²) in [4.78, 5) is 22.9. The number of carboxylic acids is 1. The molecule has 0 radical (unpaired) electrons. The van der Waals surface area contributed by atoms with Crippen molar-refractivity contribution in [3.8, 4) is 0 Å². The van der Waals surface area contributed by atoms with Crippen LogP contribution < -0.4 is 0 Å². The van der Waals surface area contributed by atoms with Crippen LogP contribution in [0.5, 0.6) is 0 Å². The van der Waals surface area contributed by atoms with E-state index in [9.17, 15) is 9.59 Å². The van der Waals surface area contributed by atoms with Crippen molar-refractivity contribution < 1.29 is 14.7 Å². The molecule has 0 heterocycles. The average Bonchev–Trinajstić information content (AvgIpc) is 2.28. The number of alkyl halides is 1. The van der Waals surface area contributed by atoms with Crippen LogP contribution >= 0.6 is 15.9 Å². The number of benzene rings is 1. The second-order valence-electron chi connectivity index (χ2n) is 3.16. The van der Waals surface area contributed by atoms with Gasteiger partial charge in [-0.1, -0.05) is 53.2 Å². The first kappa shape index (κ1) is 11.9. The minimum Gasteiger partial charge on any atom is -0.480 e.